The normalized spacial score (nSPS) is 14.9. The Balaban J connectivity index is 1.60. The summed E-state index contributed by atoms with van der Waals surface area (Å²) in [6, 6.07) is 17.5. The van der Waals surface area contributed by atoms with Crippen molar-refractivity contribution in [2.75, 3.05) is 12.3 Å². The van der Waals surface area contributed by atoms with Gasteiger partial charge in [-0.2, -0.15) is 0 Å². The van der Waals surface area contributed by atoms with E-state index in [-0.39, 0.29) is 17.9 Å². The van der Waals surface area contributed by atoms with Gasteiger partial charge in [0.2, 0.25) is 11.8 Å². The molecule has 6 heteroatoms. The Bertz CT molecular complexity index is 856. The number of hydrogen-bond acceptors (Lipinski definition) is 3. The van der Waals surface area contributed by atoms with Crippen LogP contribution in [0.5, 0.6) is 0 Å². The van der Waals surface area contributed by atoms with E-state index in [9.17, 15) is 9.59 Å². The smallest absolute Gasteiger partial charge is 0.242 e. The van der Waals surface area contributed by atoms with Crippen molar-refractivity contribution >= 4 is 35.2 Å². The molecule has 1 N–H and O–H groups in total. The fraction of sp³-hybridized carbons (Fsp3) is 0.440. The minimum Gasteiger partial charge on any atom is -0.352 e. The molecule has 0 bridgehead atoms. The van der Waals surface area contributed by atoms with Crippen molar-refractivity contribution in [2.24, 2.45) is 0 Å². The van der Waals surface area contributed by atoms with E-state index in [1.54, 1.807) is 4.90 Å². The van der Waals surface area contributed by atoms with Crippen LogP contribution < -0.4 is 5.32 Å². The third-order valence-electron chi connectivity index (χ3n) is 5.79. The van der Waals surface area contributed by atoms with Crippen LogP contribution in [0.4, 0.5) is 0 Å². The standard InChI is InChI=1S/C25H31ClN2O2S/c1-19(25(30)27-22-12-6-7-13-22)28(16-15-20-9-3-2-4-10-20)24(29)18-31-17-21-11-5-8-14-23(21)26/h2-5,8-11,14,19,22H,6-7,12-13,15-18H2,1H3,(H,27,30)/t19-/m1/s1. The van der Waals surface area contributed by atoms with E-state index in [2.05, 4.69) is 17.4 Å². The highest BCUT2D eigenvalue weighted by Gasteiger charge is 2.28. The van der Waals surface area contributed by atoms with E-state index < -0.39 is 6.04 Å². The summed E-state index contributed by atoms with van der Waals surface area (Å²) in [7, 11) is 0. The highest BCUT2D eigenvalue weighted by molar-refractivity contribution is 7.99. The van der Waals surface area contributed by atoms with E-state index in [0.29, 0.717) is 23.1 Å². The summed E-state index contributed by atoms with van der Waals surface area (Å²) in [5.74, 6) is 0.924. The average molecular weight is 459 g/mol. The van der Waals surface area contributed by atoms with Gasteiger partial charge in [-0.1, -0.05) is 73.0 Å². The quantitative estimate of drug-likeness (QED) is 0.539. The van der Waals surface area contributed by atoms with Crippen LogP contribution in [0.15, 0.2) is 54.6 Å². The van der Waals surface area contributed by atoms with Gasteiger partial charge in [0.25, 0.3) is 0 Å². The predicted octanol–water partition coefficient (Wildman–Crippen LogP) is 5.09. The minimum atomic E-state index is -0.488. The molecule has 2 aromatic rings. The van der Waals surface area contributed by atoms with Crippen LogP contribution in [0.2, 0.25) is 5.02 Å². The van der Waals surface area contributed by atoms with Crippen molar-refractivity contribution in [3.8, 4) is 0 Å². The van der Waals surface area contributed by atoms with Gasteiger partial charge in [-0.25, -0.2) is 0 Å². The first kappa shape index (κ1) is 23.7. The second-order valence-corrected chi connectivity index (χ2v) is 9.47. The minimum absolute atomic E-state index is 0.0120. The van der Waals surface area contributed by atoms with Gasteiger partial charge in [0.1, 0.15) is 6.04 Å². The van der Waals surface area contributed by atoms with Crippen LogP contribution in [0.25, 0.3) is 0 Å². The first-order valence-electron chi connectivity index (χ1n) is 11.0. The van der Waals surface area contributed by atoms with Crippen LogP contribution in [0, 0.1) is 0 Å². The van der Waals surface area contributed by atoms with Gasteiger partial charge in [0.15, 0.2) is 0 Å². The lowest BCUT2D eigenvalue weighted by Crippen LogP contribution is -2.51. The molecule has 1 aliphatic rings. The maximum absolute atomic E-state index is 13.1. The molecule has 166 valence electrons. The third-order valence-corrected chi connectivity index (χ3v) is 7.13. The number of nitrogens with zero attached hydrogens (tertiary/aromatic N) is 1. The molecule has 4 nitrogen and oxygen atoms in total. The van der Waals surface area contributed by atoms with Crippen molar-refractivity contribution in [1.29, 1.82) is 0 Å². The molecule has 2 aromatic carbocycles. The van der Waals surface area contributed by atoms with Gasteiger partial charge in [0.05, 0.1) is 5.75 Å². The van der Waals surface area contributed by atoms with Crippen molar-refractivity contribution < 1.29 is 9.59 Å². The molecule has 3 rings (SSSR count). The molecule has 0 aromatic heterocycles. The maximum atomic E-state index is 13.1. The maximum Gasteiger partial charge on any atom is 0.242 e. The number of amides is 2. The van der Waals surface area contributed by atoms with E-state index in [4.69, 9.17) is 11.6 Å². The van der Waals surface area contributed by atoms with Gasteiger partial charge in [0, 0.05) is 23.4 Å². The Morgan fingerprint density at radius 3 is 2.48 bits per heavy atom. The molecule has 0 spiro atoms. The molecular formula is C25H31ClN2O2S. The Labute approximate surface area is 194 Å². The largest absolute Gasteiger partial charge is 0.352 e. The first-order valence-corrected chi connectivity index (χ1v) is 12.5. The summed E-state index contributed by atoms with van der Waals surface area (Å²) in [6.45, 7) is 2.36. The average Bonchev–Trinajstić information content (AvgIpc) is 3.29. The van der Waals surface area contributed by atoms with E-state index >= 15 is 0 Å². The molecule has 1 fully saturated rings. The molecule has 2 amide bonds. The SMILES string of the molecule is C[C@H](C(=O)NC1CCCC1)N(CCc1ccccc1)C(=O)CSCc1ccccc1Cl. The highest BCUT2D eigenvalue weighted by Crippen LogP contribution is 2.22. The van der Waals surface area contributed by atoms with Crippen LogP contribution in [-0.4, -0.2) is 41.1 Å². The molecule has 0 aliphatic heterocycles. The van der Waals surface area contributed by atoms with Gasteiger partial charge >= 0.3 is 0 Å². The van der Waals surface area contributed by atoms with E-state index in [1.165, 1.54) is 11.8 Å². The lowest BCUT2D eigenvalue weighted by molar-refractivity contribution is -0.138. The van der Waals surface area contributed by atoms with Gasteiger partial charge in [-0.05, 0) is 43.4 Å². The van der Waals surface area contributed by atoms with Crippen molar-refractivity contribution in [3.63, 3.8) is 0 Å². The lowest BCUT2D eigenvalue weighted by atomic mass is 10.1. The molecule has 1 atom stereocenters. The number of carbonyl (C=O) groups excluding carboxylic acids is 2. The number of rotatable bonds is 10. The van der Waals surface area contributed by atoms with Crippen molar-refractivity contribution in [1.82, 2.24) is 10.2 Å². The predicted molar refractivity (Wildman–Crippen MR) is 129 cm³/mol. The third kappa shape index (κ3) is 7.29. The summed E-state index contributed by atoms with van der Waals surface area (Å²) < 4.78 is 0. The second kappa shape index (κ2) is 12.2. The number of halogens is 1. The lowest BCUT2D eigenvalue weighted by Gasteiger charge is -2.29. The van der Waals surface area contributed by atoms with Crippen LogP contribution in [0.1, 0.15) is 43.7 Å². The first-order chi connectivity index (χ1) is 15.0. The number of nitrogens with one attached hydrogen (secondary N) is 1. The van der Waals surface area contributed by atoms with Crippen LogP contribution >= 0.6 is 23.4 Å². The van der Waals surface area contributed by atoms with E-state index in [0.717, 1.165) is 43.2 Å². The topological polar surface area (TPSA) is 49.4 Å². The molecule has 0 saturated heterocycles. The summed E-state index contributed by atoms with van der Waals surface area (Å²) in [5, 5.41) is 3.86. The summed E-state index contributed by atoms with van der Waals surface area (Å²) in [4.78, 5) is 27.7. The van der Waals surface area contributed by atoms with Gasteiger partial charge < -0.3 is 10.2 Å². The monoisotopic (exact) mass is 458 g/mol. The summed E-state index contributed by atoms with van der Waals surface area (Å²) in [6.07, 6.45) is 5.11. The zero-order valence-corrected chi connectivity index (χ0v) is 19.6. The summed E-state index contributed by atoms with van der Waals surface area (Å²) >= 11 is 7.76. The van der Waals surface area contributed by atoms with Gasteiger partial charge in [-0.3, -0.25) is 9.59 Å². The fourth-order valence-corrected chi connectivity index (χ4v) is 5.10. The molecule has 0 heterocycles. The van der Waals surface area contributed by atoms with Crippen LogP contribution in [0.3, 0.4) is 0 Å². The Kier molecular flexibility index (Phi) is 9.29. The summed E-state index contributed by atoms with van der Waals surface area (Å²) in [5.41, 5.74) is 2.18. The Morgan fingerprint density at radius 2 is 1.77 bits per heavy atom. The molecule has 31 heavy (non-hydrogen) atoms. The Morgan fingerprint density at radius 1 is 1.10 bits per heavy atom. The number of hydrogen-bond donors (Lipinski definition) is 1. The van der Waals surface area contributed by atoms with E-state index in [1.807, 2.05) is 49.4 Å². The number of thioether (sulfide) groups is 1. The zero-order valence-electron chi connectivity index (χ0n) is 18.1. The molecule has 1 saturated carbocycles. The van der Waals surface area contributed by atoms with Crippen molar-refractivity contribution in [3.05, 3.63) is 70.7 Å². The molecule has 0 unspecified atom stereocenters. The van der Waals surface area contributed by atoms with Crippen molar-refractivity contribution in [2.45, 2.75) is 56.9 Å². The number of benzene rings is 2. The second-order valence-electron chi connectivity index (χ2n) is 8.07. The molecular weight excluding hydrogens is 428 g/mol. The van der Waals surface area contributed by atoms with Gasteiger partial charge in [-0.15, -0.1) is 11.8 Å². The molecule has 1 aliphatic carbocycles. The zero-order chi connectivity index (χ0) is 22.1. The van der Waals surface area contributed by atoms with Crippen LogP contribution in [-0.2, 0) is 21.8 Å². The number of carbonyl (C=O) groups is 2. The highest BCUT2D eigenvalue weighted by atomic mass is 35.5. The molecule has 0 radical (unpaired) electrons. The fourth-order valence-electron chi connectivity index (χ4n) is 3.91. The Hall–Kier alpha value is -1.98.